The van der Waals surface area contributed by atoms with Crippen LogP contribution in [0.5, 0.6) is 0 Å². The summed E-state index contributed by atoms with van der Waals surface area (Å²) in [6.45, 7) is 0. The predicted octanol–water partition coefficient (Wildman–Crippen LogP) is 3.50. The van der Waals surface area contributed by atoms with Gasteiger partial charge in [-0.25, -0.2) is 0 Å². The Labute approximate surface area is 138 Å². The van der Waals surface area contributed by atoms with Gasteiger partial charge in [-0.2, -0.15) is 0 Å². The summed E-state index contributed by atoms with van der Waals surface area (Å²) >= 11 is 5.52. The van der Waals surface area contributed by atoms with Gasteiger partial charge in [0.25, 0.3) is 0 Å². The van der Waals surface area contributed by atoms with Crippen molar-refractivity contribution in [2.24, 2.45) is 0 Å². The molecule has 0 spiro atoms. The lowest BCUT2D eigenvalue weighted by molar-refractivity contribution is 0.111. The molecule has 0 aliphatic rings. The molecule has 3 aromatic rings. The van der Waals surface area contributed by atoms with E-state index in [1.54, 1.807) is 30.7 Å². The van der Waals surface area contributed by atoms with Crippen molar-refractivity contribution in [3.8, 4) is 11.1 Å². The number of carbonyl (C=O) groups excluding carboxylic acids is 2. The van der Waals surface area contributed by atoms with Gasteiger partial charge in [0.15, 0.2) is 12.6 Å². The van der Waals surface area contributed by atoms with Crippen LogP contribution in [-0.2, 0) is 0 Å². The van der Waals surface area contributed by atoms with Crippen molar-refractivity contribution in [3.05, 3.63) is 77.6 Å². The van der Waals surface area contributed by atoms with Gasteiger partial charge in [-0.3, -0.25) is 24.5 Å². The van der Waals surface area contributed by atoms with E-state index in [-0.39, 0.29) is 0 Å². The molecule has 3 heterocycles. The summed E-state index contributed by atoms with van der Waals surface area (Å²) < 4.78 is 0. The number of aldehydes is 2. The van der Waals surface area contributed by atoms with Crippen LogP contribution in [0.15, 0.2) is 61.2 Å². The highest BCUT2D eigenvalue weighted by atomic mass is 35.5. The quantitative estimate of drug-likeness (QED) is 0.689. The highest BCUT2D eigenvalue weighted by Gasteiger charge is 1.98. The Morgan fingerprint density at radius 1 is 0.826 bits per heavy atom. The van der Waals surface area contributed by atoms with Crippen molar-refractivity contribution in [2.75, 3.05) is 0 Å². The molecule has 0 fully saturated rings. The lowest BCUT2D eigenvalue weighted by Gasteiger charge is -1.99. The molecule has 114 valence electrons. The van der Waals surface area contributed by atoms with Crippen molar-refractivity contribution in [3.63, 3.8) is 0 Å². The minimum atomic E-state index is 0.363. The normalized spacial score (nSPS) is 9.43. The number of nitrogens with zero attached hydrogens (tertiary/aromatic N) is 3. The van der Waals surface area contributed by atoms with E-state index in [0.29, 0.717) is 22.7 Å². The second kappa shape index (κ2) is 8.51. The third-order valence-corrected chi connectivity index (χ3v) is 3.00. The first-order valence-electron chi connectivity index (χ1n) is 6.61. The smallest absolute Gasteiger partial charge is 0.168 e. The van der Waals surface area contributed by atoms with Crippen LogP contribution in [-0.4, -0.2) is 27.5 Å². The molecule has 0 atom stereocenters. The van der Waals surface area contributed by atoms with Crippen LogP contribution in [0.1, 0.15) is 21.0 Å². The molecule has 0 unspecified atom stereocenters. The topological polar surface area (TPSA) is 72.8 Å². The number of hydrogen-bond donors (Lipinski definition) is 0. The van der Waals surface area contributed by atoms with Crippen molar-refractivity contribution >= 4 is 24.2 Å². The Morgan fingerprint density at radius 2 is 1.52 bits per heavy atom. The number of hydrogen-bond acceptors (Lipinski definition) is 5. The van der Waals surface area contributed by atoms with E-state index < -0.39 is 0 Å². The molecular weight excluding hydrogens is 314 g/mol. The van der Waals surface area contributed by atoms with Crippen molar-refractivity contribution in [1.82, 2.24) is 15.0 Å². The van der Waals surface area contributed by atoms with Gasteiger partial charge in [-0.1, -0.05) is 17.7 Å². The van der Waals surface area contributed by atoms with E-state index in [1.807, 2.05) is 18.2 Å². The van der Waals surface area contributed by atoms with Gasteiger partial charge in [-0.15, -0.1) is 0 Å². The summed E-state index contributed by atoms with van der Waals surface area (Å²) in [5.41, 5.74) is 2.74. The van der Waals surface area contributed by atoms with Gasteiger partial charge in [0.1, 0.15) is 11.4 Å². The van der Waals surface area contributed by atoms with Gasteiger partial charge in [-0.05, 0) is 35.9 Å². The third-order valence-electron chi connectivity index (χ3n) is 2.76. The Kier molecular flexibility index (Phi) is 6.08. The zero-order chi connectivity index (χ0) is 16.5. The number of carbonyl (C=O) groups is 2. The fraction of sp³-hybridized carbons (Fsp3) is 0. The maximum absolute atomic E-state index is 10.5. The molecule has 0 radical (unpaired) electrons. The highest BCUT2D eigenvalue weighted by molar-refractivity contribution is 6.30. The van der Waals surface area contributed by atoms with Crippen LogP contribution >= 0.6 is 11.6 Å². The van der Waals surface area contributed by atoms with Crippen LogP contribution in [0.2, 0.25) is 5.02 Å². The van der Waals surface area contributed by atoms with Gasteiger partial charge in [0.05, 0.1) is 0 Å². The Hall–Kier alpha value is -2.92. The van der Waals surface area contributed by atoms with E-state index >= 15 is 0 Å². The fourth-order valence-corrected chi connectivity index (χ4v) is 1.88. The minimum absolute atomic E-state index is 0.363. The number of rotatable bonds is 3. The van der Waals surface area contributed by atoms with Gasteiger partial charge >= 0.3 is 0 Å². The average molecular weight is 326 g/mol. The SMILES string of the molecule is O=Cc1cc(-c2cccnc2)ccn1.O=Cc1cc(Cl)ccn1. The van der Waals surface area contributed by atoms with Crippen LogP contribution in [0.3, 0.4) is 0 Å². The molecule has 0 saturated carbocycles. The number of pyridine rings is 3. The second-order valence-electron chi connectivity index (χ2n) is 4.35. The molecule has 0 amide bonds. The van der Waals surface area contributed by atoms with Crippen molar-refractivity contribution in [2.45, 2.75) is 0 Å². The van der Waals surface area contributed by atoms with E-state index in [0.717, 1.165) is 17.4 Å². The minimum Gasteiger partial charge on any atom is -0.296 e. The molecule has 0 saturated heterocycles. The van der Waals surface area contributed by atoms with Crippen molar-refractivity contribution in [1.29, 1.82) is 0 Å². The second-order valence-corrected chi connectivity index (χ2v) is 4.78. The maximum Gasteiger partial charge on any atom is 0.168 e. The lowest BCUT2D eigenvalue weighted by Crippen LogP contribution is -1.87. The number of halogens is 1. The van der Waals surface area contributed by atoms with Crippen LogP contribution < -0.4 is 0 Å². The molecule has 6 heteroatoms. The van der Waals surface area contributed by atoms with E-state index in [2.05, 4.69) is 15.0 Å². The first kappa shape index (κ1) is 16.5. The van der Waals surface area contributed by atoms with Gasteiger partial charge in [0.2, 0.25) is 0 Å². The predicted molar refractivity (Wildman–Crippen MR) is 87.5 cm³/mol. The average Bonchev–Trinajstić information content (AvgIpc) is 2.63. The van der Waals surface area contributed by atoms with Crippen molar-refractivity contribution < 1.29 is 9.59 Å². The third kappa shape index (κ3) is 5.09. The number of aromatic nitrogens is 3. The largest absolute Gasteiger partial charge is 0.296 e. The summed E-state index contributed by atoms with van der Waals surface area (Å²) in [5.74, 6) is 0. The molecule has 0 bridgehead atoms. The van der Waals surface area contributed by atoms with E-state index in [9.17, 15) is 9.59 Å². The fourth-order valence-electron chi connectivity index (χ4n) is 1.71. The Morgan fingerprint density at radius 3 is 2.09 bits per heavy atom. The first-order chi connectivity index (χ1) is 11.2. The molecular formula is C17H12ClN3O2. The summed E-state index contributed by atoms with van der Waals surface area (Å²) in [6.07, 6.45) is 7.97. The summed E-state index contributed by atoms with van der Waals surface area (Å²) in [6, 6.07) is 10.5. The zero-order valence-electron chi connectivity index (χ0n) is 12.0. The Balaban J connectivity index is 0.000000185. The van der Waals surface area contributed by atoms with E-state index in [1.165, 1.54) is 12.3 Å². The maximum atomic E-state index is 10.5. The van der Waals surface area contributed by atoms with Gasteiger partial charge < -0.3 is 0 Å². The zero-order valence-corrected chi connectivity index (χ0v) is 12.7. The lowest BCUT2D eigenvalue weighted by atomic mass is 10.1. The molecule has 0 aliphatic carbocycles. The molecule has 0 N–H and O–H groups in total. The van der Waals surface area contributed by atoms with Crippen LogP contribution in [0.25, 0.3) is 11.1 Å². The molecule has 0 aliphatic heterocycles. The molecule has 5 nitrogen and oxygen atoms in total. The molecule has 3 aromatic heterocycles. The monoisotopic (exact) mass is 325 g/mol. The highest BCUT2D eigenvalue weighted by Crippen LogP contribution is 2.16. The summed E-state index contributed by atoms with van der Waals surface area (Å²) in [4.78, 5) is 32.2. The standard InChI is InChI=1S/C11H8N2O.C6H4ClNO/c14-8-11-6-9(3-5-13-11)10-2-1-4-12-7-10;7-5-1-2-8-6(3-5)4-9/h1-8H;1-4H. The van der Waals surface area contributed by atoms with Crippen LogP contribution in [0, 0.1) is 0 Å². The molecule has 0 aromatic carbocycles. The first-order valence-corrected chi connectivity index (χ1v) is 6.99. The molecule has 23 heavy (non-hydrogen) atoms. The van der Waals surface area contributed by atoms with E-state index in [4.69, 9.17) is 11.6 Å². The Bertz CT molecular complexity index is 795. The van der Waals surface area contributed by atoms with Crippen LogP contribution in [0.4, 0.5) is 0 Å². The molecule has 3 rings (SSSR count). The summed E-state index contributed by atoms with van der Waals surface area (Å²) in [7, 11) is 0. The summed E-state index contributed by atoms with van der Waals surface area (Å²) in [5, 5.41) is 0.534. The van der Waals surface area contributed by atoms with Gasteiger partial charge in [0, 0.05) is 35.4 Å².